The fourth-order valence-corrected chi connectivity index (χ4v) is 8.50. The zero-order chi connectivity index (χ0) is 39.9. The maximum Gasteiger partial charge on any atom is 0.129 e. The van der Waals surface area contributed by atoms with E-state index in [0.29, 0.717) is 11.3 Å². The van der Waals surface area contributed by atoms with E-state index in [2.05, 4.69) is 175 Å². The Morgan fingerprint density at radius 2 is 1.19 bits per heavy atom. The zero-order valence-electron chi connectivity index (χ0n) is 34.4. The number of phenolic OH excluding ortho intramolecular Hbond substituents is 1. The molecule has 0 aliphatic heterocycles. The number of pyridine rings is 2. The summed E-state index contributed by atoms with van der Waals surface area (Å²) in [5, 5.41) is 12.3. The third-order valence-corrected chi connectivity index (χ3v) is 11.7. The first-order valence-corrected chi connectivity index (χ1v) is 19.9. The van der Waals surface area contributed by atoms with Gasteiger partial charge in [-0.2, -0.15) is 0 Å². The summed E-state index contributed by atoms with van der Waals surface area (Å²) in [6.07, 6.45) is 2.07. The number of rotatable bonds is 5. The molecule has 0 spiro atoms. The molecule has 1 aliphatic carbocycles. The molecule has 3 heterocycles. The molecule has 58 heavy (non-hydrogen) atoms. The van der Waals surface area contributed by atoms with Crippen LogP contribution in [0.2, 0.25) is 0 Å². The normalized spacial score (nSPS) is 13.2. The van der Waals surface area contributed by atoms with Crippen LogP contribution in [0, 0.1) is 6.07 Å². The molecule has 0 unspecified atom stereocenters. The molecule has 0 saturated carbocycles. The fourth-order valence-electron chi connectivity index (χ4n) is 8.50. The molecule has 0 saturated heterocycles. The van der Waals surface area contributed by atoms with Gasteiger partial charge in [0.05, 0.1) is 5.69 Å². The van der Waals surface area contributed by atoms with Gasteiger partial charge in [-0.15, -0.1) is 24.3 Å². The van der Waals surface area contributed by atoms with Gasteiger partial charge in [0.2, 0.25) is 0 Å². The molecular formula is C53H48N3OPt-. The summed E-state index contributed by atoms with van der Waals surface area (Å²) in [6, 6.07) is 50.5. The number of hydrogen-bond acceptors (Lipinski definition) is 3. The van der Waals surface area contributed by atoms with Crippen molar-refractivity contribution in [2.24, 2.45) is 0 Å². The van der Waals surface area contributed by atoms with Gasteiger partial charge in [-0.1, -0.05) is 158 Å². The van der Waals surface area contributed by atoms with Crippen LogP contribution in [0.4, 0.5) is 0 Å². The molecule has 3 aromatic heterocycles. The van der Waals surface area contributed by atoms with Crippen molar-refractivity contribution in [2.45, 2.75) is 71.6 Å². The molecule has 292 valence electrons. The first-order valence-electron chi connectivity index (χ1n) is 19.9. The summed E-state index contributed by atoms with van der Waals surface area (Å²) in [7, 11) is 0. The van der Waals surface area contributed by atoms with Gasteiger partial charge in [-0.25, -0.2) is 0 Å². The third kappa shape index (κ3) is 6.72. The Kier molecular flexibility index (Phi) is 9.72. The molecule has 0 radical (unpaired) electrons. The van der Waals surface area contributed by atoms with Crippen molar-refractivity contribution in [3.8, 4) is 73.0 Å². The van der Waals surface area contributed by atoms with E-state index in [9.17, 15) is 5.11 Å². The van der Waals surface area contributed by atoms with Crippen LogP contribution < -0.4 is 0 Å². The van der Waals surface area contributed by atoms with Gasteiger partial charge in [0.1, 0.15) is 11.4 Å². The van der Waals surface area contributed by atoms with E-state index in [1.807, 2.05) is 30.3 Å². The SMILES string of the molecule is CC(C)(C)c1cc(-c2cc(-c3[c-]c(-c4nc5ccccn5c4-c4ccccc4)ccc3)nc(-c3ccc4c(c3O)C(C)(C)c3ccccc3-4)c2)cc(C(C)(C)C)c1.[Pt]. The summed E-state index contributed by atoms with van der Waals surface area (Å²) in [5.41, 5.74) is 16.4. The van der Waals surface area contributed by atoms with Crippen molar-refractivity contribution in [3.05, 3.63) is 168 Å². The van der Waals surface area contributed by atoms with Crippen LogP contribution in [-0.4, -0.2) is 19.5 Å². The maximum atomic E-state index is 12.3. The molecular weight excluding hydrogens is 890 g/mol. The predicted molar refractivity (Wildman–Crippen MR) is 236 cm³/mol. The van der Waals surface area contributed by atoms with Crippen LogP contribution in [0.15, 0.2) is 140 Å². The van der Waals surface area contributed by atoms with Crippen LogP contribution in [0.25, 0.3) is 72.9 Å². The van der Waals surface area contributed by atoms with Crippen LogP contribution in [0.1, 0.15) is 77.6 Å². The molecule has 4 nitrogen and oxygen atoms in total. The van der Waals surface area contributed by atoms with E-state index < -0.39 is 0 Å². The minimum Gasteiger partial charge on any atom is -0.507 e. The molecule has 5 aromatic carbocycles. The number of imidazole rings is 1. The van der Waals surface area contributed by atoms with Gasteiger partial charge in [-0.3, -0.25) is 9.97 Å². The van der Waals surface area contributed by atoms with Crippen molar-refractivity contribution in [3.63, 3.8) is 0 Å². The maximum absolute atomic E-state index is 12.3. The summed E-state index contributed by atoms with van der Waals surface area (Å²) in [6.45, 7) is 18.0. The Morgan fingerprint density at radius 3 is 1.91 bits per heavy atom. The van der Waals surface area contributed by atoms with Crippen molar-refractivity contribution >= 4 is 5.65 Å². The Balaban J connectivity index is 0.00000469. The number of aromatic hydroxyl groups is 1. The summed E-state index contributed by atoms with van der Waals surface area (Å²) < 4.78 is 2.15. The first kappa shape index (κ1) is 39.3. The zero-order valence-corrected chi connectivity index (χ0v) is 36.7. The van der Waals surface area contributed by atoms with E-state index in [1.165, 1.54) is 22.3 Å². The average Bonchev–Trinajstić information content (AvgIpc) is 3.70. The van der Waals surface area contributed by atoms with E-state index in [1.54, 1.807) is 0 Å². The van der Waals surface area contributed by atoms with Gasteiger partial charge in [0.15, 0.2) is 0 Å². The number of benzene rings is 5. The quantitative estimate of drug-likeness (QED) is 0.175. The number of fused-ring (bicyclic) bond motifs is 4. The monoisotopic (exact) mass is 937 g/mol. The molecule has 1 N–H and O–H groups in total. The minimum atomic E-state index is -0.373. The largest absolute Gasteiger partial charge is 0.507 e. The van der Waals surface area contributed by atoms with Gasteiger partial charge in [-0.05, 0) is 79.6 Å². The molecule has 0 bridgehead atoms. The number of nitrogens with zero attached hydrogens (tertiary/aromatic N) is 3. The third-order valence-electron chi connectivity index (χ3n) is 11.7. The van der Waals surface area contributed by atoms with E-state index in [4.69, 9.17) is 9.97 Å². The topological polar surface area (TPSA) is 50.4 Å². The molecule has 8 aromatic rings. The molecule has 1 aliphatic rings. The van der Waals surface area contributed by atoms with Crippen molar-refractivity contribution in [1.82, 2.24) is 14.4 Å². The summed E-state index contributed by atoms with van der Waals surface area (Å²) in [4.78, 5) is 10.5. The Morgan fingerprint density at radius 1 is 0.569 bits per heavy atom. The fraction of sp³-hybridized carbons (Fsp3) is 0.208. The second-order valence-corrected chi connectivity index (χ2v) is 18.1. The van der Waals surface area contributed by atoms with Gasteiger partial charge in [0, 0.05) is 60.9 Å². The smallest absolute Gasteiger partial charge is 0.129 e. The Bertz CT molecular complexity index is 2820. The second-order valence-electron chi connectivity index (χ2n) is 18.1. The number of hydrogen-bond donors (Lipinski definition) is 1. The molecule has 0 atom stereocenters. The van der Waals surface area contributed by atoms with Crippen LogP contribution in [0.3, 0.4) is 0 Å². The van der Waals surface area contributed by atoms with Gasteiger partial charge >= 0.3 is 0 Å². The summed E-state index contributed by atoms with van der Waals surface area (Å²) in [5.74, 6) is 0.276. The Hall–Kier alpha value is -5.57. The van der Waals surface area contributed by atoms with Crippen molar-refractivity contribution < 1.29 is 26.2 Å². The van der Waals surface area contributed by atoms with Crippen molar-refractivity contribution in [1.29, 1.82) is 0 Å². The second kappa shape index (κ2) is 14.4. The number of aromatic nitrogens is 3. The number of phenols is 1. The molecule has 0 fully saturated rings. The van der Waals surface area contributed by atoms with E-state index in [0.717, 1.165) is 61.7 Å². The first-order chi connectivity index (χ1) is 27.2. The van der Waals surface area contributed by atoms with E-state index >= 15 is 0 Å². The standard InChI is InChI=1S/C53H48N3O.Pt/c1-51(2,3)38-28-36(29-39(32-38)52(4,5)6)37-30-44(54-45(31-37)42-25-24-41-40-21-12-13-22-43(40)53(7,8)47(41)50(42)57)34-19-16-20-35(27-34)48-49(33-17-10-9-11-18-33)56-26-15-14-23-46(56)55-48;/h9-26,28-32,57H,1-8H3;/q-1;. The van der Waals surface area contributed by atoms with E-state index in [-0.39, 0.29) is 43.1 Å². The average molecular weight is 938 g/mol. The van der Waals surface area contributed by atoms with Gasteiger partial charge < -0.3 is 9.51 Å². The van der Waals surface area contributed by atoms with Gasteiger partial charge in [0.25, 0.3) is 0 Å². The summed E-state index contributed by atoms with van der Waals surface area (Å²) >= 11 is 0. The van der Waals surface area contributed by atoms with Crippen molar-refractivity contribution in [2.75, 3.05) is 0 Å². The van der Waals surface area contributed by atoms with Crippen LogP contribution >= 0.6 is 0 Å². The minimum absolute atomic E-state index is 0. The molecule has 9 rings (SSSR count). The predicted octanol–water partition coefficient (Wildman–Crippen LogP) is 13.5. The van der Waals surface area contributed by atoms with Crippen LogP contribution in [0.5, 0.6) is 5.75 Å². The molecule has 0 amide bonds. The molecule has 5 heteroatoms. The Labute approximate surface area is 357 Å². The van der Waals surface area contributed by atoms with Crippen LogP contribution in [-0.2, 0) is 37.3 Å².